The van der Waals surface area contributed by atoms with Gasteiger partial charge in [-0.25, -0.2) is 0 Å². The fraction of sp³-hybridized carbons (Fsp3) is 0.267. The summed E-state index contributed by atoms with van der Waals surface area (Å²) in [7, 11) is 3.46. The van der Waals surface area contributed by atoms with Gasteiger partial charge in [0.15, 0.2) is 0 Å². The Morgan fingerprint density at radius 1 is 1.28 bits per heavy atom. The average molecular weight is 243 g/mol. The van der Waals surface area contributed by atoms with Gasteiger partial charge in [0.2, 0.25) is 6.41 Å². The highest BCUT2D eigenvalue weighted by atomic mass is 16.5. The van der Waals surface area contributed by atoms with Gasteiger partial charge in [-0.1, -0.05) is 24.3 Å². The molecule has 2 aromatic rings. The van der Waals surface area contributed by atoms with Crippen LogP contribution < -0.4 is 4.74 Å². The van der Waals surface area contributed by atoms with E-state index in [-0.39, 0.29) is 0 Å². The molecule has 0 saturated heterocycles. The molecule has 0 unspecified atom stereocenters. The molecule has 2 aromatic carbocycles. The van der Waals surface area contributed by atoms with Crippen molar-refractivity contribution in [2.24, 2.45) is 0 Å². The second kappa shape index (κ2) is 5.54. The molecule has 0 aromatic heterocycles. The first-order valence-electron chi connectivity index (χ1n) is 5.96. The van der Waals surface area contributed by atoms with Crippen molar-refractivity contribution in [3.05, 3.63) is 42.0 Å². The van der Waals surface area contributed by atoms with Crippen molar-refractivity contribution in [3.63, 3.8) is 0 Å². The Balaban J connectivity index is 2.33. The maximum Gasteiger partial charge on any atom is 0.209 e. The minimum atomic E-state index is 0.722. The van der Waals surface area contributed by atoms with Crippen molar-refractivity contribution in [3.8, 4) is 5.75 Å². The van der Waals surface area contributed by atoms with E-state index >= 15 is 0 Å². The normalized spacial score (nSPS) is 10.3. The number of carbonyl (C=O) groups excluding carboxylic acids is 1. The number of nitrogens with zero attached hydrogens (tertiary/aromatic N) is 1. The molecule has 3 heteroatoms. The Morgan fingerprint density at radius 3 is 2.83 bits per heavy atom. The van der Waals surface area contributed by atoms with Crippen LogP contribution in [0, 0.1) is 0 Å². The molecule has 0 atom stereocenters. The van der Waals surface area contributed by atoms with Crippen molar-refractivity contribution in [1.29, 1.82) is 0 Å². The lowest BCUT2D eigenvalue weighted by Crippen LogP contribution is -2.18. The molecule has 0 radical (unpaired) electrons. The molecule has 18 heavy (non-hydrogen) atoms. The SMILES string of the molecule is COc1ccc2cccc(CCN(C)C=O)c2c1. The number of benzene rings is 2. The van der Waals surface area contributed by atoms with E-state index in [1.807, 2.05) is 18.2 Å². The Bertz CT molecular complexity index is 551. The van der Waals surface area contributed by atoms with Crippen molar-refractivity contribution >= 4 is 17.2 Å². The van der Waals surface area contributed by atoms with E-state index in [1.165, 1.54) is 16.3 Å². The van der Waals surface area contributed by atoms with E-state index in [4.69, 9.17) is 4.74 Å². The second-order valence-corrected chi connectivity index (χ2v) is 4.34. The number of rotatable bonds is 5. The van der Waals surface area contributed by atoms with Gasteiger partial charge < -0.3 is 9.64 Å². The van der Waals surface area contributed by atoms with Crippen LogP contribution in [0.15, 0.2) is 36.4 Å². The average Bonchev–Trinajstić information content (AvgIpc) is 2.43. The summed E-state index contributed by atoms with van der Waals surface area (Å²) in [5.41, 5.74) is 1.24. The summed E-state index contributed by atoms with van der Waals surface area (Å²) in [5.74, 6) is 0.860. The van der Waals surface area contributed by atoms with Crippen molar-refractivity contribution in [2.45, 2.75) is 6.42 Å². The molecule has 0 aliphatic carbocycles. The molecule has 3 nitrogen and oxygen atoms in total. The summed E-state index contributed by atoms with van der Waals surface area (Å²) in [6.45, 7) is 0.722. The molecule has 0 fully saturated rings. The molecule has 94 valence electrons. The molecule has 0 bridgehead atoms. The van der Waals surface area contributed by atoms with Gasteiger partial charge in [0.05, 0.1) is 7.11 Å². The van der Waals surface area contributed by atoms with Gasteiger partial charge in [0.25, 0.3) is 0 Å². The Morgan fingerprint density at radius 2 is 2.11 bits per heavy atom. The lowest BCUT2D eigenvalue weighted by atomic mass is 10.0. The highest BCUT2D eigenvalue weighted by Gasteiger charge is 2.03. The van der Waals surface area contributed by atoms with Gasteiger partial charge in [0, 0.05) is 13.6 Å². The first-order chi connectivity index (χ1) is 8.74. The predicted molar refractivity (Wildman–Crippen MR) is 72.9 cm³/mol. The highest BCUT2D eigenvalue weighted by Crippen LogP contribution is 2.24. The van der Waals surface area contributed by atoms with Gasteiger partial charge in [-0.15, -0.1) is 0 Å². The first kappa shape index (κ1) is 12.4. The minimum Gasteiger partial charge on any atom is -0.497 e. The molecule has 0 aliphatic rings. The zero-order chi connectivity index (χ0) is 13.0. The maximum absolute atomic E-state index is 10.6. The van der Waals surface area contributed by atoms with Crippen LogP contribution >= 0.6 is 0 Å². The van der Waals surface area contributed by atoms with Crippen molar-refractivity contribution in [1.82, 2.24) is 4.90 Å². The highest BCUT2D eigenvalue weighted by molar-refractivity contribution is 5.87. The molecule has 2 rings (SSSR count). The molecule has 0 heterocycles. The molecule has 0 N–H and O–H groups in total. The van der Waals surface area contributed by atoms with E-state index in [0.29, 0.717) is 0 Å². The molecular weight excluding hydrogens is 226 g/mol. The van der Waals surface area contributed by atoms with E-state index < -0.39 is 0 Å². The Kier molecular flexibility index (Phi) is 3.82. The van der Waals surface area contributed by atoms with E-state index in [0.717, 1.165) is 25.1 Å². The molecule has 0 aliphatic heterocycles. The summed E-state index contributed by atoms with van der Waals surface area (Å²) in [6, 6.07) is 12.3. The largest absolute Gasteiger partial charge is 0.497 e. The summed E-state index contributed by atoms with van der Waals surface area (Å²) in [5, 5.41) is 2.39. The van der Waals surface area contributed by atoms with Gasteiger partial charge in [-0.3, -0.25) is 4.79 Å². The van der Waals surface area contributed by atoms with Gasteiger partial charge in [-0.05, 0) is 34.9 Å². The summed E-state index contributed by atoms with van der Waals surface area (Å²) >= 11 is 0. The zero-order valence-corrected chi connectivity index (χ0v) is 10.7. The number of hydrogen-bond acceptors (Lipinski definition) is 2. The number of amides is 1. The fourth-order valence-electron chi connectivity index (χ4n) is 2.01. The number of methoxy groups -OCH3 is 1. The number of fused-ring (bicyclic) bond motifs is 1. The van der Waals surface area contributed by atoms with E-state index in [1.54, 1.807) is 19.1 Å². The van der Waals surface area contributed by atoms with Crippen LogP contribution in [0.5, 0.6) is 5.75 Å². The van der Waals surface area contributed by atoms with Crippen LogP contribution in [0.4, 0.5) is 0 Å². The molecule has 0 saturated carbocycles. The van der Waals surface area contributed by atoms with Gasteiger partial charge in [-0.2, -0.15) is 0 Å². The molecule has 0 spiro atoms. The smallest absolute Gasteiger partial charge is 0.209 e. The standard InChI is InChI=1S/C15H17NO2/c1-16(11-17)9-8-13-5-3-4-12-6-7-14(18-2)10-15(12)13/h3-7,10-11H,8-9H2,1-2H3. The monoisotopic (exact) mass is 243 g/mol. The third-order valence-corrected chi connectivity index (χ3v) is 3.09. The topological polar surface area (TPSA) is 29.5 Å². The predicted octanol–water partition coefficient (Wildman–Crippen LogP) is 2.48. The molecular formula is C15H17NO2. The Labute approximate surface area is 107 Å². The van der Waals surface area contributed by atoms with Crippen LogP contribution in [0.25, 0.3) is 10.8 Å². The lowest BCUT2D eigenvalue weighted by Gasteiger charge is -2.12. The maximum atomic E-state index is 10.6. The number of carbonyl (C=O) groups is 1. The number of ether oxygens (including phenoxy) is 1. The number of likely N-dealkylation sites (N-methyl/N-ethyl adjacent to an activating group) is 1. The zero-order valence-electron chi connectivity index (χ0n) is 10.7. The van der Waals surface area contributed by atoms with Crippen LogP contribution in [-0.4, -0.2) is 32.0 Å². The second-order valence-electron chi connectivity index (χ2n) is 4.34. The van der Waals surface area contributed by atoms with Crippen LogP contribution in [0.2, 0.25) is 0 Å². The summed E-state index contributed by atoms with van der Waals surface area (Å²) < 4.78 is 5.26. The quantitative estimate of drug-likeness (QED) is 0.755. The summed E-state index contributed by atoms with van der Waals surface area (Å²) in [6.07, 6.45) is 1.70. The Hall–Kier alpha value is -2.03. The van der Waals surface area contributed by atoms with Crippen LogP contribution in [0.3, 0.4) is 0 Å². The van der Waals surface area contributed by atoms with Crippen molar-refractivity contribution < 1.29 is 9.53 Å². The van der Waals surface area contributed by atoms with Crippen molar-refractivity contribution in [2.75, 3.05) is 20.7 Å². The third kappa shape index (κ3) is 2.62. The molecule has 1 amide bonds. The minimum absolute atomic E-state index is 0.722. The van der Waals surface area contributed by atoms with E-state index in [9.17, 15) is 4.79 Å². The summed E-state index contributed by atoms with van der Waals surface area (Å²) in [4.78, 5) is 12.2. The fourth-order valence-corrected chi connectivity index (χ4v) is 2.01. The number of hydrogen-bond donors (Lipinski definition) is 0. The third-order valence-electron chi connectivity index (χ3n) is 3.09. The van der Waals surface area contributed by atoms with Gasteiger partial charge in [0.1, 0.15) is 5.75 Å². The van der Waals surface area contributed by atoms with Crippen LogP contribution in [0.1, 0.15) is 5.56 Å². The van der Waals surface area contributed by atoms with Crippen LogP contribution in [-0.2, 0) is 11.2 Å². The first-order valence-corrected chi connectivity index (χ1v) is 5.96. The van der Waals surface area contributed by atoms with Gasteiger partial charge >= 0.3 is 0 Å². The lowest BCUT2D eigenvalue weighted by molar-refractivity contribution is -0.116. The van der Waals surface area contributed by atoms with E-state index in [2.05, 4.69) is 18.2 Å².